The smallest absolute Gasteiger partial charge is 0.226 e. The van der Waals surface area contributed by atoms with Crippen molar-refractivity contribution in [2.24, 2.45) is 5.92 Å². The van der Waals surface area contributed by atoms with Gasteiger partial charge >= 0.3 is 0 Å². The van der Waals surface area contributed by atoms with E-state index in [1.54, 1.807) is 24.3 Å². The molecule has 0 saturated carbocycles. The van der Waals surface area contributed by atoms with Crippen LogP contribution in [0.15, 0.2) is 59.9 Å². The number of nitrogens with one attached hydrogen (secondary N) is 1. The van der Waals surface area contributed by atoms with Crippen LogP contribution in [0, 0.1) is 5.92 Å². The minimum absolute atomic E-state index is 0.0180. The number of rotatable bonds is 6. The lowest BCUT2D eigenvalue weighted by atomic mass is 10.1. The molecule has 6 heteroatoms. The van der Waals surface area contributed by atoms with Gasteiger partial charge in [0.25, 0.3) is 0 Å². The number of thioether (sulfide) groups is 1. The summed E-state index contributed by atoms with van der Waals surface area (Å²) in [6, 6.07) is 14.8. The monoisotopic (exact) mass is 379 g/mol. The molecular weight excluding hydrogens is 358 g/mol. The number of para-hydroxylation sites is 1. The summed E-state index contributed by atoms with van der Waals surface area (Å²) in [5.41, 5.74) is 2.16. The Bertz CT molecular complexity index is 965. The SMILES string of the molecule is CC(C)C(=O)Nc1ccc(C(=O)[C@@H](C)Sc2ncnc3ccccc23)cc1. The van der Waals surface area contributed by atoms with E-state index in [1.807, 2.05) is 45.0 Å². The van der Waals surface area contributed by atoms with Crippen molar-refractivity contribution in [2.45, 2.75) is 31.0 Å². The lowest BCUT2D eigenvalue weighted by Crippen LogP contribution is -2.18. The zero-order valence-corrected chi connectivity index (χ0v) is 16.3. The van der Waals surface area contributed by atoms with E-state index in [2.05, 4.69) is 15.3 Å². The molecule has 27 heavy (non-hydrogen) atoms. The Balaban J connectivity index is 1.72. The van der Waals surface area contributed by atoms with Gasteiger partial charge in [0, 0.05) is 22.6 Å². The third kappa shape index (κ3) is 4.52. The van der Waals surface area contributed by atoms with E-state index in [-0.39, 0.29) is 22.9 Å². The number of Topliss-reactive ketones (excluding diaryl/α,β-unsaturated/α-hetero) is 1. The van der Waals surface area contributed by atoms with Gasteiger partial charge < -0.3 is 5.32 Å². The molecule has 1 heterocycles. The first-order valence-electron chi connectivity index (χ1n) is 8.77. The number of ketones is 1. The fourth-order valence-electron chi connectivity index (χ4n) is 2.53. The fraction of sp³-hybridized carbons (Fsp3) is 0.238. The highest BCUT2D eigenvalue weighted by Gasteiger charge is 2.18. The Kier molecular flexibility index (Phi) is 5.86. The molecule has 0 spiro atoms. The van der Waals surface area contributed by atoms with Gasteiger partial charge in [-0.25, -0.2) is 9.97 Å². The van der Waals surface area contributed by atoms with Crippen LogP contribution >= 0.6 is 11.8 Å². The molecule has 0 aliphatic heterocycles. The Labute approximate surface area is 162 Å². The first-order valence-corrected chi connectivity index (χ1v) is 9.65. The quantitative estimate of drug-likeness (QED) is 0.385. The molecule has 3 aromatic rings. The second kappa shape index (κ2) is 8.31. The molecule has 5 nitrogen and oxygen atoms in total. The predicted octanol–water partition coefficient (Wildman–Crippen LogP) is 4.59. The molecule has 0 saturated heterocycles. The van der Waals surface area contributed by atoms with Crippen molar-refractivity contribution in [3.63, 3.8) is 0 Å². The highest BCUT2D eigenvalue weighted by atomic mass is 32.2. The standard InChI is InChI=1S/C21H21N3O2S/c1-13(2)20(26)24-16-10-8-15(9-11-16)19(25)14(3)27-21-17-6-4-5-7-18(17)22-12-23-21/h4-14H,1-3H3,(H,24,26)/t14-/m1/s1. The first-order chi connectivity index (χ1) is 13.0. The van der Waals surface area contributed by atoms with Crippen molar-refractivity contribution in [2.75, 3.05) is 5.32 Å². The minimum Gasteiger partial charge on any atom is -0.326 e. The largest absolute Gasteiger partial charge is 0.326 e. The summed E-state index contributed by atoms with van der Waals surface area (Å²) in [6.07, 6.45) is 1.52. The number of carbonyl (C=O) groups is 2. The topological polar surface area (TPSA) is 72.0 Å². The number of aromatic nitrogens is 2. The van der Waals surface area contributed by atoms with E-state index in [1.165, 1.54) is 18.1 Å². The third-order valence-corrected chi connectivity index (χ3v) is 5.24. The summed E-state index contributed by atoms with van der Waals surface area (Å²) in [6.45, 7) is 5.55. The fourth-order valence-corrected chi connectivity index (χ4v) is 3.52. The highest BCUT2D eigenvalue weighted by molar-refractivity contribution is 8.00. The van der Waals surface area contributed by atoms with Gasteiger partial charge in [-0.3, -0.25) is 9.59 Å². The minimum atomic E-state index is -0.292. The summed E-state index contributed by atoms with van der Waals surface area (Å²) in [5, 5.41) is 4.27. The van der Waals surface area contributed by atoms with E-state index < -0.39 is 0 Å². The number of anilines is 1. The normalized spacial score (nSPS) is 12.1. The molecule has 0 aliphatic rings. The van der Waals surface area contributed by atoms with Crippen molar-refractivity contribution < 1.29 is 9.59 Å². The van der Waals surface area contributed by atoms with Crippen molar-refractivity contribution in [3.8, 4) is 0 Å². The van der Waals surface area contributed by atoms with Gasteiger partial charge in [-0.15, -0.1) is 0 Å². The van der Waals surface area contributed by atoms with Gasteiger partial charge in [0.1, 0.15) is 11.4 Å². The highest BCUT2D eigenvalue weighted by Crippen LogP contribution is 2.29. The summed E-state index contributed by atoms with van der Waals surface area (Å²) >= 11 is 1.42. The van der Waals surface area contributed by atoms with Gasteiger partial charge in [0.05, 0.1) is 10.8 Å². The number of fused-ring (bicyclic) bond motifs is 1. The molecule has 0 bridgehead atoms. The molecule has 138 valence electrons. The zero-order valence-electron chi connectivity index (χ0n) is 15.5. The molecule has 1 N–H and O–H groups in total. The van der Waals surface area contributed by atoms with Crippen LogP contribution in [0.1, 0.15) is 31.1 Å². The van der Waals surface area contributed by atoms with Crippen LogP contribution in [0.2, 0.25) is 0 Å². The second-order valence-corrected chi connectivity index (χ2v) is 7.87. The van der Waals surface area contributed by atoms with Crippen molar-refractivity contribution in [1.82, 2.24) is 9.97 Å². The van der Waals surface area contributed by atoms with Crippen LogP contribution in [0.5, 0.6) is 0 Å². The van der Waals surface area contributed by atoms with Crippen LogP contribution in [0.25, 0.3) is 10.9 Å². The average molecular weight is 379 g/mol. The molecule has 1 aromatic heterocycles. The predicted molar refractivity (Wildman–Crippen MR) is 109 cm³/mol. The van der Waals surface area contributed by atoms with Gasteiger partial charge in [-0.05, 0) is 37.3 Å². The Hall–Kier alpha value is -2.73. The van der Waals surface area contributed by atoms with Gasteiger partial charge in [-0.2, -0.15) is 0 Å². The lowest BCUT2D eigenvalue weighted by Gasteiger charge is -2.12. The van der Waals surface area contributed by atoms with Crippen molar-refractivity contribution in [3.05, 3.63) is 60.4 Å². The van der Waals surface area contributed by atoms with E-state index >= 15 is 0 Å². The molecule has 2 aromatic carbocycles. The number of benzene rings is 2. The molecule has 0 unspecified atom stereocenters. The van der Waals surface area contributed by atoms with E-state index in [0.717, 1.165) is 15.9 Å². The van der Waals surface area contributed by atoms with Gasteiger partial charge in [0.2, 0.25) is 5.91 Å². The summed E-state index contributed by atoms with van der Waals surface area (Å²) in [7, 11) is 0. The van der Waals surface area contributed by atoms with E-state index in [9.17, 15) is 9.59 Å². The maximum absolute atomic E-state index is 12.8. The Morgan fingerprint density at radius 1 is 0.963 bits per heavy atom. The summed E-state index contributed by atoms with van der Waals surface area (Å²) in [4.78, 5) is 33.1. The second-order valence-electron chi connectivity index (χ2n) is 6.54. The zero-order chi connectivity index (χ0) is 19.4. The van der Waals surface area contributed by atoms with Crippen LogP contribution < -0.4 is 5.32 Å². The van der Waals surface area contributed by atoms with E-state index in [0.29, 0.717) is 11.3 Å². The van der Waals surface area contributed by atoms with Crippen LogP contribution in [-0.4, -0.2) is 26.9 Å². The lowest BCUT2D eigenvalue weighted by molar-refractivity contribution is -0.118. The van der Waals surface area contributed by atoms with Crippen molar-refractivity contribution in [1.29, 1.82) is 0 Å². The number of amides is 1. The third-order valence-electron chi connectivity index (χ3n) is 4.13. The molecular formula is C21H21N3O2S. The van der Waals surface area contributed by atoms with Crippen molar-refractivity contribution >= 4 is 40.0 Å². The maximum atomic E-state index is 12.8. The molecule has 1 atom stereocenters. The maximum Gasteiger partial charge on any atom is 0.226 e. The van der Waals surface area contributed by atoms with Gasteiger partial charge in [-0.1, -0.05) is 43.8 Å². The number of hydrogen-bond donors (Lipinski definition) is 1. The van der Waals surface area contributed by atoms with Crippen LogP contribution in [0.4, 0.5) is 5.69 Å². The molecule has 1 amide bonds. The number of carbonyl (C=O) groups excluding carboxylic acids is 2. The van der Waals surface area contributed by atoms with Crippen LogP contribution in [-0.2, 0) is 4.79 Å². The number of hydrogen-bond acceptors (Lipinski definition) is 5. The summed E-state index contributed by atoms with van der Waals surface area (Å²) < 4.78 is 0. The molecule has 0 aliphatic carbocycles. The van der Waals surface area contributed by atoms with Crippen LogP contribution in [0.3, 0.4) is 0 Å². The average Bonchev–Trinajstić information content (AvgIpc) is 2.68. The summed E-state index contributed by atoms with van der Waals surface area (Å²) in [5.74, 6) is -0.122. The van der Waals surface area contributed by atoms with E-state index in [4.69, 9.17) is 0 Å². The molecule has 0 radical (unpaired) electrons. The Morgan fingerprint density at radius 3 is 2.37 bits per heavy atom. The Morgan fingerprint density at radius 2 is 1.67 bits per heavy atom. The first kappa shape index (κ1) is 19.0. The number of nitrogens with zero attached hydrogens (tertiary/aromatic N) is 2. The molecule has 3 rings (SSSR count). The van der Waals surface area contributed by atoms with Gasteiger partial charge in [0.15, 0.2) is 5.78 Å². The molecule has 0 fully saturated rings.